The molecule has 6 heteroatoms. The largest absolute Gasteiger partial charge is 0.478 e. The summed E-state index contributed by atoms with van der Waals surface area (Å²) >= 11 is 3.18. The highest BCUT2D eigenvalue weighted by molar-refractivity contribution is 9.10. The number of hydrogen-bond acceptors (Lipinski definition) is 4. The third-order valence-corrected chi connectivity index (χ3v) is 3.16. The molecule has 0 aliphatic heterocycles. The third-order valence-electron chi connectivity index (χ3n) is 2.72. The van der Waals surface area contributed by atoms with Gasteiger partial charge in [0, 0.05) is 10.7 Å². The van der Waals surface area contributed by atoms with Gasteiger partial charge in [-0.3, -0.25) is 0 Å². The van der Waals surface area contributed by atoms with Crippen LogP contribution in [0.1, 0.15) is 21.5 Å². The van der Waals surface area contributed by atoms with Crippen molar-refractivity contribution in [3.63, 3.8) is 0 Å². The standard InChI is InChI=1S/C14H10BrN3O2/c1-8-3-2-4-12(11(8)6-16)18-13-10(14(19)20)5-9(15)7-17-13/h2-5,7H,1H3,(H,17,18)(H,19,20). The smallest absolute Gasteiger partial charge is 0.339 e. The molecule has 0 saturated carbocycles. The molecule has 2 aromatic rings. The summed E-state index contributed by atoms with van der Waals surface area (Å²) < 4.78 is 0.574. The van der Waals surface area contributed by atoms with E-state index in [1.54, 1.807) is 12.1 Å². The number of halogens is 1. The number of carboxylic acid groups (broad SMARTS) is 1. The zero-order chi connectivity index (χ0) is 14.7. The third kappa shape index (κ3) is 2.78. The van der Waals surface area contributed by atoms with Crippen LogP contribution in [0.5, 0.6) is 0 Å². The lowest BCUT2D eigenvalue weighted by Gasteiger charge is -2.11. The minimum atomic E-state index is -1.09. The molecule has 0 fully saturated rings. The summed E-state index contributed by atoms with van der Waals surface area (Å²) in [6.07, 6.45) is 1.50. The highest BCUT2D eigenvalue weighted by atomic mass is 79.9. The van der Waals surface area contributed by atoms with Crippen LogP contribution < -0.4 is 5.32 Å². The number of benzene rings is 1. The van der Waals surface area contributed by atoms with E-state index in [1.165, 1.54) is 12.3 Å². The van der Waals surface area contributed by atoms with E-state index in [0.29, 0.717) is 15.7 Å². The second-order valence-corrected chi connectivity index (χ2v) is 5.00. The lowest BCUT2D eigenvalue weighted by molar-refractivity contribution is 0.0697. The van der Waals surface area contributed by atoms with Gasteiger partial charge in [-0.2, -0.15) is 5.26 Å². The van der Waals surface area contributed by atoms with Crippen LogP contribution in [0.4, 0.5) is 11.5 Å². The van der Waals surface area contributed by atoms with E-state index in [1.807, 2.05) is 13.0 Å². The molecular weight excluding hydrogens is 322 g/mol. The monoisotopic (exact) mass is 331 g/mol. The second kappa shape index (κ2) is 5.72. The van der Waals surface area contributed by atoms with Crippen molar-refractivity contribution < 1.29 is 9.90 Å². The van der Waals surface area contributed by atoms with Crippen LogP contribution in [-0.2, 0) is 0 Å². The summed E-state index contributed by atoms with van der Waals surface area (Å²) in [4.78, 5) is 15.3. The number of carbonyl (C=O) groups is 1. The summed E-state index contributed by atoms with van der Waals surface area (Å²) in [6.45, 7) is 1.82. The Morgan fingerprint density at radius 1 is 1.50 bits per heavy atom. The van der Waals surface area contributed by atoms with Crippen LogP contribution in [0.2, 0.25) is 0 Å². The van der Waals surface area contributed by atoms with E-state index in [0.717, 1.165) is 5.56 Å². The van der Waals surface area contributed by atoms with E-state index in [4.69, 9.17) is 5.26 Å². The molecule has 2 N–H and O–H groups in total. The van der Waals surface area contributed by atoms with Gasteiger partial charge in [0.15, 0.2) is 0 Å². The van der Waals surface area contributed by atoms with Crippen molar-refractivity contribution in [2.75, 3.05) is 5.32 Å². The van der Waals surface area contributed by atoms with Crippen molar-refractivity contribution in [2.45, 2.75) is 6.92 Å². The molecule has 1 aromatic heterocycles. The van der Waals surface area contributed by atoms with E-state index in [-0.39, 0.29) is 11.4 Å². The normalized spacial score (nSPS) is 9.85. The molecule has 1 heterocycles. The minimum absolute atomic E-state index is 0.0322. The van der Waals surface area contributed by atoms with Crippen molar-refractivity contribution in [1.82, 2.24) is 4.98 Å². The number of nitrogens with zero attached hydrogens (tertiary/aromatic N) is 2. The van der Waals surface area contributed by atoms with Gasteiger partial charge in [-0.1, -0.05) is 12.1 Å². The molecule has 2 rings (SSSR count). The summed E-state index contributed by atoms with van der Waals surface area (Å²) in [6, 6.07) is 8.87. The average Bonchev–Trinajstić information content (AvgIpc) is 2.41. The Labute approximate surface area is 124 Å². The first-order chi connectivity index (χ1) is 9.52. The number of aryl methyl sites for hydroxylation is 1. The molecule has 20 heavy (non-hydrogen) atoms. The zero-order valence-corrected chi connectivity index (χ0v) is 12.1. The van der Waals surface area contributed by atoms with Crippen LogP contribution in [-0.4, -0.2) is 16.1 Å². The van der Waals surface area contributed by atoms with Crippen molar-refractivity contribution >= 4 is 33.4 Å². The topological polar surface area (TPSA) is 86.0 Å². The van der Waals surface area contributed by atoms with E-state index < -0.39 is 5.97 Å². The summed E-state index contributed by atoms with van der Waals surface area (Å²) in [7, 11) is 0. The lowest BCUT2D eigenvalue weighted by atomic mass is 10.1. The first-order valence-corrected chi connectivity index (χ1v) is 6.48. The fraction of sp³-hybridized carbons (Fsp3) is 0.0714. The molecule has 100 valence electrons. The van der Waals surface area contributed by atoms with Crippen LogP contribution in [0.3, 0.4) is 0 Å². The zero-order valence-electron chi connectivity index (χ0n) is 10.5. The molecule has 0 unspecified atom stereocenters. The Morgan fingerprint density at radius 3 is 2.90 bits per heavy atom. The molecule has 5 nitrogen and oxygen atoms in total. The Balaban J connectivity index is 2.49. The molecule has 1 aromatic carbocycles. The van der Waals surface area contributed by atoms with Gasteiger partial charge in [-0.05, 0) is 40.5 Å². The maximum Gasteiger partial charge on any atom is 0.339 e. The SMILES string of the molecule is Cc1cccc(Nc2ncc(Br)cc2C(=O)O)c1C#N. The van der Waals surface area contributed by atoms with Gasteiger partial charge >= 0.3 is 5.97 Å². The van der Waals surface area contributed by atoms with E-state index >= 15 is 0 Å². The van der Waals surface area contributed by atoms with Crippen LogP contribution in [0.15, 0.2) is 34.9 Å². The number of nitriles is 1. The second-order valence-electron chi connectivity index (χ2n) is 4.09. The predicted octanol–water partition coefficient (Wildman–Crippen LogP) is 3.47. The minimum Gasteiger partial charge on any atom is -0.478 e. The molecular formula is C14H10BrN3O2. The number of anilines is 2. The van der Waals surface area contributed by atoms with Crippen molar-refractivity contribution in [3.8, 4) is 6.07 Å². The number of aromatic nitrogens is 1. The van der Waals surface area contributed by atoms with Gasteiger partial charge in [0.25, 0.3) is 0 Å². The van der Waals surface area contributed by atoms with E-state index in [2.05, 4.69) is 32.3 Å². The molecule has 0 saturated heterocycles. The van der Waals surface area contributed by atoms with Gasteiger partial charge in [0.2, 0.25) is 0 Å². The van der Waals surface area contributed by atoms with Gasteiger partial charge in [-0.15, -0.1) is 0 Å². The van der Waals surface area contributed by atoms with Crippen LogP contribution >= 0.6 is 15.9 Å². The van der Waals surface area contributed by atoms with Gasteiger partial charge < -0.3 is 10.4 Å². The number of carboxylic acids is 1. The molecule has 0 atom stereocenters. The number of aromatic carboxylic acids is 1. The van der Waals surface area contributed by atoms with Crippen molar-refractivity contribution in [3.05, 3.63) is 51.6 Å². The highest BCUT2D eigenvalue weighted by Crippen LogP contribution is 2.25. The first kappa shape index (κ1) is 14.0. The molecule has 0 spiro atoms. The van der Waals surface area contributed by atoms with Crippen molar-refractivity contribution in [2.24, 2.45) is 0 Å². The molecule has 0 amide bonds. The van der Waals surface area contributed by atoms with Crippen LogP contribution in [0.25, 0.3) is 0 Å². The molecule has 0 bridgehead atoms. The molecule has 0 aliphatic carbocycles. The molecule has 0 aliphatic rings. The Kier molecular flexibility index (Phi) is 4.01. The maximum atomic E-state index is 11.2. The summed E-state index contributed by atoms with van der Waals surface area (Å²) in [5, 5.41) is 21.3. The van der Waals surface area contributed by atoms with E-state index in [9.17, 15) is 9.90 Å². The quantitative estimate of drug-likeness (QED) is 0.899. The fourth-order valence-electron chi connectivity index (χ4n) is 1.75. The van der Waals surface area contributed by atoms with Gasteiger partial charge in [0.1, 0.15) is 17.5 Å². The number of hydrogen-bond donors (Lipinski definition) is 2. The average molecular weight is 332 g/mol. The summed E-state index contributed by atoms with van der Waals surface area (Å²) in [5.74, 6) is -0.893. The Morgan fingerprint density at radius 2 is 2.25 bits per heavy atom. The number of rotatable bonds is 3. The van der Waals surface area contributed by atoms with Crippen molar-refractivity contribution in [1.29, 1.82) is 5.26 Å². The molecule has 0 radical (unpaired) electrons. The predicted molar refractivity (Wildman–Crippen MR) is 78.1 cm³/mol. The van der Waals surface area contributed by atoms with Gasteiger partial charge in [0.05, 0.1) is 11.3 Å². The van der Waals surface area contributed by atoms with Gasteiger partial charge in [-0.25, -0.2) is 9.78 Å². The highest BCUT2D eigenvalue weighted by Gasteiger charge is 2.14. The summed E-state index contributed by atoms with van der Waals surface area (Å²) in [5.41, 5.74) is 1.84. The van der Waals surface area contributed by atoms with Crippen LogP contribution in [0, 0.1) is 18.3 Å². The first-order valence-electron chi connectivity index (χ1n) is 5.68. The lowest BCUT2D eigenvalue weighted by Crippen LogP contribution is -2.06. The maximum absolute atomic E-state index is 11.2. The fourth-order valence-corrected chi connectivity index (χ4v) is 2.08. The Hall–Kier alpha value is -2.39. The number of nitrogens with one attached hydrogen (secondary N) is 1. The number of pyridine rings is 1. The Bertz CT molecular complexity index is 723.